The number of nitro groups is 1. The van der Waals surface area contributed by atoms with Crippen molar-refractivity contribution in [1.82, 2.24) is 4.31 Å². The van der Waals surface area contributed by atoms with Crippen LogP contribution in [0, 0.1) is 16.0 Å². The molecule has 1 fully saturated rings. The predicted molar refractivity (Wildman–Crippen MR) is 97.1 cm³/mol. The second-order valence-corrected chi connectivity index (χ2v) is 8.15. The summed E-state index contributed by atoms with van der Waals surface area (Å²) in [7, 11) is -3.80. The number of anilines is 1. The first-order valence-electron chi connectivity index (χ1n) is 8.56. The van der Waals surface area contributed by atoms with Crippen molar-refractivity contribution < 1.29 is 18.1 Å². The third-order valence-corrected chi connectivity index (χ3v) is 6.78. The van der Waals surface area contributed by atoms with Gasteiger partial charge in [0.2, 0.25) is 15.9 Å². The monoisotopic (exact) mass is 384 g/mol. The number of nitrogens with zero attached hydrogens (tertiary/aromatic N) is 2. The predicted octanol–water partition coefficient (Wildman–Crippen LogP) is 1.69. The van der Waals surface area contributed by atoms with Gasteiger partial charge in [0.15, 0.2) is 0 Å². The maximum absolute atomic E-state index is 12.6. The summed E-state index contributed by atoms with van der Waals surface area (Å²) in [6.45, 7) is 3.95. The average molecular weight is 384 g/mol. The number of hydrogen-bond donors (Lipinski definition) is 2. The molecule has 0 bridgehead atoms. The zero-order chi connectivity index (χ0) is 19.5. The third kappa shape index (κ3) is 3.96. The maximum Gasteiger partial charge on any atom is 0.293 e. The summed E-state index contributed by atoms with van der Waals surface area (Å²) in [4.78, 5) is 22.2. The van der Waals surface area contributed by atoms with Gasteiger partial charge in [0.25, 0.3) is 5.69 Å². The molecular formula is C16H24N4O5S. The van der Waals surface area contributed by atoms with Gasteiger partial charge in [-0.15, -0.1) is 0 Å². The number of sulfonamides is 1. The second kappa shape index (κ2) is 8.00. The number of amides is 1. The normalized spacial score (nSPS) is 20.3. The van der Waals surface area contributed by atoms with Gasteiger partial charge in [-0.05, 0) is 25.0 Å². The van der Waals surface area contributed by atoms with Crippen molar-refractivity contribution in [2.45, 2.75) is 44.0 Å². The Kier molecular flexibility index (Phi) is 6.19. The Morgan fingerprint density at radius 2 is 2.00 bits per heavy atom. The average Bonchev–Trinajstić information content (AvgIpc) is 3.04. The van der Waals surface area contributed by atoms with Crippen LogP contribution in [0.4, 0.5) is 11.4 Å². The summed E-state index contributed by atoms with van der Waals surface area (Å²) < 4.78 is 26.4. The molecule has 0 heterocycles. The van der Waals surface area contributed by atoms with Crippen LogP contribution < -0.4 is 11.1 Å². The lowest BCUT2D eigenvalue weighted by Crippen LogP contribution is -2.34. The number of carbonyl (C=O) groups is 1. The molecule has 1 aliphatic rings. The van der Waals surface area contributed by atoms with Gasteiger partial charge < -0.3 is 11.1 Å². The lowest BCUT2D eigenvalue weighted by Gasteiger charge is -2.21. The minimum Gasteiger partial charge on any atom is -0.376 e. The lowest BCUT2D eigenvalue weighted by atomic mass is 10.0. The van der Waals surface area contributed by atoms with E-state index in [0.29, 0.717) is 12.8 Å². The lowest BCUT2D eigenvalue weighted by molar-refractivity contribution is -0.384. The highest BCUT2D eigenvalue weighted by Crippen LogP contribution is 2.34. The SMILES string of the molecule is CCN(CC)S(=O)(=O)c1ccc(N[C@H]2CCC[C@H]2C(N)=O)c([N+](=O)[O-])c1. The van der Waals surface area contributed by atoms with Crippen molar-refractivity contribution in [3.63, 3.8) is 0 Å². The molecule has 144 valence electrons. The second-order valence-electron chi connectivity index (χ2n) is 6.22. The van der Waals surface area contributed by atoms with Crippen LogP contribution in [0.1, 0.15) is 33.1 Å². The number of nitrogens with one attached hydrogen (secondary N) is 1. The van der Waals surface area contributed by atoms with Gasteiger partial charge in [0.05, 0.1) is 15.7 Å². The molecule has 26 heavy (non-hydrogen) atoms. The molecule has 2 atom stereocenters. The Bertz CT molecular complexity index is 792. The van der Waals surface area contributed by atoms with Crippen LogP contribution in [0.3, 0.4) is 0 Å². The highest BCUT2D eigenvalue weighted by atomic mass is 32.2. The largest absolute Gasteiger partial charge is 0.376 e. The van der Waals surface area contributed by atoms with E-state index in [9.17, 15) is 23.3 Å². The molecular weight excluding hydrogens is 360 g/mol. The quantitative estimate of drug-likeness (QED) is 0.517. The Balaban J connectivity index is 2.38. The van der Waals surface area contributed by atoms with Crippen LogP contribution >= 0.6 is 0 Å². The van der Waals surface area contributed by atoms with Crippen molar-refractivity contribution in [3.05, 3.63) is 28.3 Å². The molecule has 1 aromatic carbocycles. The molecule has 1 aromatic rings. The summed E-state index contributed by atoms with van der Waals surface area (Å²) in [6, 6.07) is 3.49. The highest BCUT2D eigenvalue weighted by molar-refractivity contribution is 7.89. The van der Waals surface area contributed by atoms with Crippen molar-refractivity contribution in [1.29, 1.82) is 0 Å². The van der Waals surface area contributed by atoms with Crippen LogP contribution in [0.25, 0.3) is 0 Å². The van der Waals surface area contributed by atoms with Gasteiger partial charge in [0, 0.05) is 25.2 Å². The fourth-order valence-corrected chi connectivity index (χ4v) is 4.81. The maximum atomic E-state index is 12.6. The Morgan fingerprint density at radius 1 is 1.35 bits per heavy atom. The van der Waals surface area contributed by atoms with E-state index in [-0.39, 0.29) is 35.4 Å². The number of hydrogen-bond acceptors (Lipinski definition) is 6. The number of carbonyl (C=O) groups excluding carboxylic acids is 1. The molecule has 0 aromatic heterocycles. The van der Waals surface area contributed by atoms with Crippen LogP contribution in [-0.4, -0.2) is 42.7 Å². The summed E-state index contributed by atoms with van der Waals surface area (Å²) in [5.74, 6) is -0.836. The van der Waals surface area contributed by atoms with Crippen molar-refractivity contribution in [3.8, 4) is 0 Å². The van der Waals surface area contributed by atoms with Gasteiger partial charge in [-0.2, -0.15) is 4.31 Å². The van der Waals surface area contributed by atoms with Gasteiger partial charge in [0.1, 0.15) is 5.69 Å². The van der Waals surface area contributed by atoms with Crippen molar-refractivity contribution >= 4 is 27.3 Å². The van der Waals surface area contributed by atoms with Crippen molar-refractivity contribution in [2.75, 3.05) is 18.4 Å². The summed E-state index contributed by atoms with van der Waals surface area (Å²) in [5, 5.41) is 14.5. The molecule has 3 N–H and O–H groups in total. The van der Waals surface area contributed by atoms with Gasteiger partial charge >= 0.3 is 0 Å². The molecule has 1 amide bonds. The topological polar surface area (TPSA) is 136 Å². The third-order valence-electron chi connectivity index (χ3n) is 4.73. The van der Waals surface area contributed by atoms with E-state index >= 15 is 0 Å². The zero-order valence-corrected chi connectivity index (χ0v) is 15.7. The van der Waals surface area contributed by atoms with Crippen LogP contribution in [0.2, 0.25) is 0 Å². The molecule has 1 aliphatic carbocycles. The zero-order valence-electron chi connectivity index (χ0n) is 14.8. The standard InChI is InChI=1S/C16H24N4O5S/c1-3-19(4-2)26(24,25)11-8-9-14(15(10-11)20(22)23)18-13-7-5-6-12(13)16(17)21/h8-10,12-13,18H,3-7H2,1-2H3,(H2,17,21)/t12-,13+/m1/s1. The molecule has 2 rings (SSSR count). The summed E-state index contributed by atoms with van der Waals surface area (Å²) in [5.41, 5.74) is 5.23. The highest BCUT2D eigenvalue weighted by Gasteiger charge is 2.33. The van der Waals surface area contributed by atoms with Gasteiger partial charge in [-0.3, -0.25) is 14.9 Å². The van der Waals surface area contributed by atoms with E-state index in [1.165, 1.54) is 16.4 Å². The van der Waals surface area contributed by atoms with E-state index in [0.717, 1.165) is 12.5 Å². The molecule has 0 saturated heterocycles. The van der Waals surface area contributed by atoms with E-state index in [4.69, 9.17) is 5.73 Å². The molecule has 0 radical (unpaired) electrons. The Hall–Kier alpha value is -2.20. The smallest absolute Gasteiger partial charge is 0.293 e. The number of benzene rings is 1. The summed E-state index contributed by atoms with van der Waals surface area (Å²) >= 11 is 0. The van der Waals surface area contributed by atoms with Crippen LogP contribution in [-0.2, 0) is 14.8 Å². The van der Waals surface area contributed by atoms with E-state index in [1.54, 1.807) is 13.8 Å². The van der Waals surface area contributed by atoms with Crippen LogP contribution in [0.15, 0.2) is 23.1 Å². The summed E-state index contributed by atoms with van der Waals surface area (Å²) in [6.07, 6.45) is 2.10. The van der Waals surface area contributed by atoms with Gasteiger partial charge in [-0.1, -0.05) is 20.3 Å². The number of rotatable bonds is 8. The molecule has 0 aliphatic heterocycles. The van der Waals surface area contributed by atoms with E-state index in [1.807, 2.05) is 0 Å². The molecule has 0 spiro atoms. The van der Waals surface area contributed by atoms with Crippen LogP contribution in [0.5, 0.6) is 0 Å². The van der Waals surface area contributed by atoms with E-state index < -0.39 is 26.8 Å². The molecule has 1 saturated carbocycles. The Morgan fingerprint density at radius 3 is 2.54 bits per heavy atom. The van der Waals surface area contributed by atoms with Gasteiger partial charge in [-0.25, -0.2) is 8.42 Å². The fourth-order valence-electron chi connectivity index (χ4n) is 3.33. The molecule has 0 unspecified atom stereocenters. The first-order valence-corrected chi connectivity index (χ1v) is 10.0. The number of nitrogens with two attached hydrogens (primary N) is 1. The minimum absolute atomic E-state index is 0.128. The van der Waals surface area contributed by atoms with E-state index in [2.05, 4.69) is 5.32 Å². The minimum atomic E-state index is -3.80. The molecule has 10 heteroatoms. The first-order chi connectivity index (χ1) is 12.2. The van der Waals surface area contributed by atoms with Crippen molar-refractivity contribution in [2.24, 2.45) is 11.7 Å². The number of primary amides is 1. The number of nitro benzene ring substituents is 1. The molecule has 9 nitrogen and oxygen atoms in total. The Labute approximate surface area is 152 Å². The fraction of sp³-hybridized carbons (Fsp3) is 0.562. The first kappa shape index (κ1) is 20.1.